The van der Waals surface area contributed by atoms with Crippen molar-refractivity contribution < 1.29 is 9.47 Å². The van der Waals surface area contributed by atoms with Gasteiger partial charge >= 0.3 is 4.87 Å². The summed E-state index contributed by atoms with van der Waals surface area (Å²) in [5.74, 6) is 2.80. The maximum absolute atomic E-state index is 12.9. The third-order valence-corrected chi connectivity index (χ3v) is 5.45. The molecule has 3 rings (SSSR count). The SMILES string of the molecule is CCN(CC)C1N=C(C)Nc2c1sc(=O)n2-c1ccc(OC)cc1OC. The molecular formula is C18H24N4O3S. The fourth-order valence-electron chi connectivity index (χ4n) is 3.13. The number of aromatic nitrogens is 1. The maximum Gasteiger partial charge on any atom is 0.313 e. The van der Waals surface area contributed by atoms with Crippen LogP contribution in [-0.4, -0.2) is 42.6 Å². The molecule has 0 fully saturated rings. The summed E-state index contributed by atoms with van der Waals surface area (Å²) in [6.45, 7) is 7.83. The minimum Gasteiger partial charge on any atom is -0.497 e. The molecule has 0 amide bonds. The molecule has 0 spiro atoms. The Morgan fingerprint density at radius 3 is 2.62 bits per heavy atom. The van der Waals surface area contributed by atoms with Crippen LogP contribution in [0.4, 0.5) is 5.82 Å². The van der Waals surface area contributed by atoms with E-state index < -0.39 is 0 Å². The molecule has 7 nitrogen and oxygen atoms in total. The smallest absolute Gasteiger partial charge is 0.313 e. The number of nitrogens with zero attached hydrogens (tertiary/aromatic N) is 3. The van der Waals surface area contributed by atoms with Crippen LogP contribution in [0.25, 0.3) is 5.69 Å². The standard InChI is InChI=1S/C18H24N4O3S/c1-6-21(7-2)16-15-17(20-11(3)19-16)22(18(23)26-15)13-9-8-12(24-4)10-14(13)25-5/h8-10,16H,6-7H2,1-5H3,(H,19,20). The lowest BCUT2D eigenvalue weighted by Crippen LogP contribution is -2.31. The van der Waals surface area contributed by atoms with Crippen LogP contribution in [0.1, 0.15) is 31.8 Å². The van der Waals surface area contributed by atoms with E-state index in [4.69, 9.17) is 14.5 Å². The Hall–Kier alpha value is -2.32. The summed E-state index contributed by atoms with van der Waals surface area (Å²) in [6.07, 6.45) is -0.149. The van der Waals surface area contributed by atoms with Crippen molar-refractivity contribution in [3.05, 3.63) is 32.7 Å². The first kappa shape index (κ1) is 18.5. The fourth-order valence-corrected chi connectivity index (χ4v) is 4.15. The molecule has 2 aromatic rings. The van der Waals surface area contributed by atoms with Gasteiger partial charge in [-0.3, -0.25) is 9.69 Å². The Labute approximate surface area is 156 Å². The Morgan fingerprint density at radius 2 is 2.00 bits per heavy atom. The number of hydrogen-bond acceptors (Lipinski definition) is 7. The van der Waals surface area contributed by atoms with Gasteiger partial charge in [0.25, 0.3) is 0 Å². The molecule has 1 aromatic heterocycles. The van der Waals surface area contributed by atoms with Crippen molar-refractivity contribution in [1.29, 1.82) is 0 Å². The zero-order valence-corrected chi connectivity index (χ0v) is 16.5. The molecule has 1 atom stereocenters. The van der Waals surface area contributed by atoms with Gasteiger partial charge in [0.1, 0.15) is 29.3 Å². The first-order valence-corrected chi connectivity index (χ1v) is 9.39. The quantitative estimate of drug-likeness (QED) is 0.839. The summed E-state index contributed by atoms with van der Waals surface area (Å²) in [5.41, 5.74) is 0.677. The number of nitrogens with one attached hydrogen (secondary N) is 1. The predicted octanol–water partition coefficient (Wildman–Crippen LogP) is 3.10. The first-order chi connectivity index (χ1) is 12.5. The predicted molar refractivity (Wildman–Crippen MR) is 105 cm³/mol. The Kier molecular flexibility index (Phi) is 5.33. The van der Waals surface area contributed by atoms with Crippen molar-refractivity contribution in [2.45, 2.75) is 26.9 Å². The van der Waals surface area contributed by atoms with E-state index in [1.54, 1.807) is 24.9 Å². The number of thiazole rings is 1. The second-order valence-corrected chi connectivity index (χ2v) is 6.88. The van der Waals surface area contributed by atoms with Gasteiger partial charge in [0.05, 0.1) is 24.8 Å². The summed E-state index contributed by atoms with van der Waals surface area (Å²) in [5, 5.41) is 3.27. The van der Waals surface area contributed by atoms with Crippen LogP contribution in [0.2, 0.25) is 0 Å². The van der Waals surface area contributed by atoms with Crippen molar-refractivity contribution >= 4 is 23.0 Å². The topological polar surface area (TPSA) is 68.1 Å². The molecule has 0 saturated carbocycles. The number of rotatable bonds is 6. The summed E-state index contributed by atoms with van der Waals surface area (Å²) in [4.78, 5) is 20.7. The second-order valence-electron chi connectivity index (χ2n) is 5.89. The molecule has 1 N–H and O–H groups in total. The highest BCUT2D eigenvalue weighted by molar-refractivity contribution is 7.10. The molecule has 8 heteroatoms. The zero-order valence-electron chi connectivity index (χ0n) is 15.7. The van der Waals surface area contributed by atoms with E-state index in [0.717, 1.165) is 29.6 Å². The lowest BCUT2D eigenvalue weighted by Gasteiger charge is -2.30. The van der Waals surface area contributed by atoms with E-state index in [9.17, 15) is 4.79 Å². The largest absolute Gasteiger partial charge is 0.497 e. The Morgan fingerprint density at radius 1 is 1.27 bits per heavy atom. The molecule has 0 bridgehead atoms. The normalized spacial score (nSPS) is 16.1. The van der Waals surface area contributed by atoms with Crippen molar-refractivity contribution in [3.8, 4) is 17.2 Å². The summed E-state index contributed by atoms with van der Waals surface area (Å²) >= 11 is 1.22. The molecule has 0 saturated heterocycles. The lowest BCUT2D eigenvalue weighted by molar-refractivity contribution is 0.228. The minimum absolute atomic E-state index is 0.0759. The Bertz CT molecular complexity index is 883. The van der Waals surface area contributed by atoms with Crippen LogP contribution in [0.15, 0.2) is 28.0 Å². The Balaban J connectivity index is 2.18. The first-order valence-electron chi connectivity index (χ1n) is 8.57. The van der Waals surface area contributed by atoms with Gasteiger partial charge in [-0.25, -0.2) is 9.56 Å². The highest BCUT2D eigenvalue weighted by Gasteiger charge is 2.31. The van der Waals surface area contributed by atoms with Gasteiger partial charge in [-0.15, -0.1) is 0 Å². The average molecular weight is 376 g/mol. The molecular weight excluding hydrogens is 352 g/mol. The van der Waals surface area contributed by atoms with E-state index in [1.807, 2.05) is 19.1 Å². The fraction of sp³-hybridized carbons (Fsp3) is 0.444. The van der Waals surface area contributed by atoms with E-state index in [0.29, 0.717) is 17.2 Å². The van der Waals surface area contributed by atoms with Gasteiger partial charge in [-0.2, -0.15) is 0 Å². The van der Waals surface area contributed by atoms with Gasteiger partial charge < -0.3 is 14.8 Å². The number of anilines is 1. The van der Waals surface area contributed by atoms with Crippen LogP contribution in [0.3, 0.4) is 0 Å². The number of aliphatic imine (C=N–C) groups is 1. The minimum atomic E-state index is -0.149. The van der Waals surface area contributed by atoms with Crippen LogP contribution in [-0.2, 0) is 0 Å². The number of hydrogen-bond donors (Lipinski definition) is 1. The third-order valence-electron chi connectivity index (χ3n) is 4.47. The highest BCUT2D eigenvalue weighted by atomic mass is 32.1. The molecule has 2 heterocycles. The van der Waals surface area contributed by atoms with Gasteiger partial charge in [-0.05, 0) is 32.1 Å². The van der Waals surface area contributed by atoms with Gasteiger partial charge in [0.15, 0.2) is 0 Å². The van der Waals surface area contributed by atoms with E-state index in [-0.39, 0.29) is 11.0 Å². The number of benzene rings is 1. The molecule has 140 valence electrons. The van der Waals surface area contributed by atoms with Crippen LogP contribution in [0, 0.1) is 0 Å². The molecule has 1 unspecified atom stereocenters. The van der Waals surface area contributed by atoms with E-state index in [2.05, 4.69) is 24.1 Å². The van der Waals surface area contributed by atoms with E-state index >= 15 is 0 Å². The number of ether oxygens (including phenoxy) is 2. The van der Waals surface area contributed by atoms with Crippen molar-refractivity contribution in [2.75, 3.05) is 32.6 Å². The van der Waals surface area contributed by atoms with Crippen molar-refractivity contribution in [1.82, 2.24) is 9.47 Å². The number of fused-ring (bicyclic) bond motifs is 1. The van der Waals surface area contributed by atoms with Gasteiger partial charge in [0, 0.05) is 6.07 Å². The van der Waals surface area contributed by atoms with Crippen molar-refractivity contribution in [2.24, 2.45) is 4.99 Å². The summed E-state index contributed by atoms with van der Waals surface area (Å²) < 4.78 is 12.4. The van der Waals surface area contributed by atoms with Gasteiger partial charge in [-0.1, -0.05) is 25.2 Å². The monoisotopic (exact) mass is 376 g/mol. The number of methoxy groups -OCH3 is 2. The van der Waals surface area contributed by atoms with Crippen LogP contribution >= 0.6 is 11.3 Å². The lowest BCUT2D eigenvalue weighted by atomic mass is 10.2. The molecule has 1 aliphatic rings. The van der Waals surface area contributed by atoms with Crippen LogP contribution < -0.4 is 19.7 Å². The van der Waals surface area contributed by atoms with Crippen LogP contribution in [0.5, 0.6) is 11.5 Å². The summed E-state index contributed by atoms with van der Waals surface area (Å²) in [6, 6.07) is 5.43. The maximum atomic E-state index is 12.9. The van der Waals surface area contributed by atoms with Crippen molar-refractivity contribution in [3.63, 3.8) is 0 Å². The molecule has 1 aliphatic heterocycles. The molecule has 0 aliphatic carbocycles. The van der Waals surface area contributed by atoms with E-state index in [1.165, 1.54) is 11.3 Å². The number of amidine groups is 1. The molecule has 0 radical (unpaired) electrons. The third kappa shape index (κ3) is 3.10. The highest BCUT2D eigenvalue weighted by Crippen LogP contribution is 2.38. The second kappa shape index (κ2) is 7.51. The average Bonchev–Trinajstić information content (AvgIpc) is 2.97. The molecule has 1 aromatic carbocycles. The van der Waals surface area contributed by atoms with Gasteiger partial charge in [0.2, 0.25) is 0 Å². The zero-order chi connectivity index (χ0) is 18.8. The summed E-state index contributed by atoms with van der Waals surface area (Å²) in [7, 11) is 3.18. The molecule has 26 heavy (non-hydrogen) atoms.